The van der Waals surface area contributed by atoms with Gasteiger partial charge in [0.25, 0.3) is 0 Å². The zero-order valence-corrected chi connectivity index (χ0v) is 10.7. The average molecular weight is 238 g/mol. The highest BCUT2D eigenvalue weighted by Gasteiger charge is 2.09. The molecule has 0 fully saturated rings. The Morgan fingerprint density at radius 1 is 1.12 bits per heavy atom. The van der Waals surface area contributed by atoms with Crippen LogP contribution < -0.4 is 0 Å². The van der Waals surface area contributed by atoms with Crippen LogP contribution in [0.1, 0.15) is 30.6 Å². The highest BCUT2D eigenvalue weighted by molar-refractivity contribution is 5.27. The zero-order chi connectivity index (χ0) is 12.5. The van der Waals surface area contributed by atoms with E-state index in [0.717, 1.165) is 24.2 Å². The van der Waals surface area contributed by atoms with Gasteiger partial charge in [0.15, 0.2) is 0 Å². The van der Waals surface area contributed by atoms with Crippen molar-refractivity contribution >= 4 is 0 Å². The van der Waals surface area contributed by atoms with E-state index in [0.29, 0.717) is 19.8 Å². The molecule has 1 aromatic carbocycles. The summed E-state index contributed by atoms with van der Waals surface area (Å²) >= 11 is 0. The molecular weight excluding hydrogens is 216 g/mol. The summed E-state index contributed by atoms with van der Waals surface area (Å²) in [4.78, 5) is 0. The summed E-state index contributed by atoms with van der Waals surface area (Å²) in [6.07, 6.45) is 0.466. The Labute approximate surface area is 103 Å². The Morgan fingerprint density at radius 2 is 1.82 bits per heavy atom. The minimum atomic E-state index is -0.553. The van der Waals surface area contributed by atoms with Gasteiger partial charge in [0.1, 0.15) is 6.10 Å². The fraction of sp³-hybridized carbons (Fsp3) is 0.571. The molecule has 0 saturated carbocycles. The van der Waals surface area contributed by atoms with Gasteiger partial charge in [-0.15, -0.1) is 0 Å². The van der Waals surface area contributed by atoms with Crippen molar-refractivity contribution in [1.29, 1.82) is 0 Å². The molecule has 1 aromatic rings. The molecule has 0 aliphatic carbocycles. The molecule has 0 amide bonds. The number of aliphatic hydroxyl groups is 1. The zero-order valence-electron chi connectivity index (χ0n) is 10.7. The van der Waals surface area contributed by atoms with Crippen molar-refractivity contribution in [3.05, 3.63) is 35.4 Å². The number of hydrogen-bond acceptors (Lipinski definition) is 3. The summed E-state index contributed by atoms with van der Waals surface area (Å²) in [7, 11) is 0. The van der Waals surface area contributed by atoms with Gasteiger partial charge in [-0.05, 0) is 24.5 Å². The first-order valence-corrected chi connectivity index (χ1v) is 6.14. The lowest BCUT2D eigenvalue weighted by Crippen LogP contribution is -2.12. The van der Waals surface area contributed by atoms with Gasteiger partial charge >= 0.3 is 0 Å². The third-order valence-electron chi connectivity index (χ3n) is 2.54. The van der Waals surface area contributed by atoms with Crippen LogP contribution in [0.25, 0.3) is 0 Å². The van der Waals surface area contributed by atoms with Crippen molar-refractivity contribution in [2.45, 2.75) is 26.4 Å². The van der Waals surface area contributed by atoms with Crippen LogP contribution in [-0.4, -0.2) is 31.5 Å². The summed E-state index contributed by atoms with van der Waals surface area (Å²) < 4.78 is 10.7. The van der Waals surface area contributed by atoms with Crippen molar-refractivity contribution in [1.82, 2.24) is 0 Å². The fourth-order valence-electron chi connectivity index (χ4n) is 1.61. The molecule has 0 saturated heterocycles. The van der Waals surface area contributed by atoms with Crippen LogP contribution in [0.15, 0.2) is 24.3 Å². The second-order valence-corrected chi connectivity index (χ2v) is 4.06. The minimum Gasteiger partial charge on any atom is -0.386 e. The molecule has 1 atom stereocenters. The Hall–Kier alpha value is -0.900. The maximum absolute atomic E-state index is 9.94. The van der Waals surface area contributed by atoms with Crippen molar-refractivity contribution in [2.75, 3.05) is 26.4 Å². The van der Waals surface area contributed by atoms with Crippen molar-refractivity contribution in [3.8, 4) is 0 Å². The Kier molecular flexibility index (Phi) is 6.86. The average Bonchev–Trinajstić information content (AvgIpc) is 2.34. The van der Waals surface area contributed by atoms with E-state index in [1.807, 2.05) is 31.2 Å². The molecule has 0 radical (unpaired) electrons. The van der Waals surface area contributed by atoms with Gasteiger partial charge in [-0.2, -0.15) is 0 Å². The minimum absolute atomic E-state index is 0.320. The van der Waals surface area contributed by atoms with Gasteiger partial charge in [0.2, 0.25) is 0 Å². The van der Waals surface area contributed by atoms with E-state index < -0.39 is 6.10 Å². The highest BCUT2D eigenvalue weighted by Crippen LogP contribution is 2.17. The van der Waals surface area contributed by atoms with Gasteiger partial charge in [-0.1, -0.05) is 31.2 Å². The van der Waals surface area contributed by atoms with Crippen LogP contribution in [0.3, 0.4) is 0 Å². The molecule has 0 aliphatic rings. The Balaban J connectivity index is 2.21. The molecule has 1 N–H and O–H groups in total. The highest BCUT2D eigenvalue weighted by atomic mass is 16.5. The number of aliphatic hydroxyl groups excluding tert-OH is 1. The number of hydrogen-bond donors (Lipinski definition) is 1. The van der Waals surface area contributed by atoms with Crippen LogP contribution in [0.2, 0.25) is 0 Å². The van der Waals surface area contributed by atoms with Crippen molar-refractivity contribution in [3.63, 3.8) is 0 Å². The predicted octanol–water partition coefficient (Wildman–Crippen LogP) is 2.47. The van der Waals surface area contributed by atoms with Crippen molar-refractivity contribution < 1.29 is 14.6 Å². The van der Waals surface area contributed by atoms with Crippen LogP contribution in [0, 0.1) is 6.92 Å². The number of benzene rings is 1. The normalized spacial score (nSPS) is 12.6. The number of aryl methyl sites for hydroxylation is 1. The third kappa shape index (κ3) is 5.31. The topological polar surface area (TPSA) is 38.7 Å². The lowest BCUT2D eigenvalue weighted by atomic mass is 10.0. The maximum Gasteiger partial charge on any atom is 0.103 e. The number of ether oxygens (including phenoxy) is 2. The van der Waals surface area contributed by atoms with Crippen LogP contribution in [0.4, 0.5) is 0 Å². The Morgan fingerprint density at radius 3 is 2.53 bits per heavy atom. The summed E-state index contributed by atoms with van der Waals surface area (Å²) in [5, 5.41) is 9.94. The second kappa shape index (κ2) is 8.23. The molecule has 96 valence electrons. The molecular formula is C14H22O3. The predicted molar refractivity (Wildman–Crippen MR) is 68.1 cm³/mol. The fourth-order valence-corrected chi connectivity index (χ4v) is 1.61. The second-order valence-electron chi connectivity index (χ2n) is 4.06. The van der Waals surface area contributed by atoms with E-state index in [9.17, 15) is 5.11 Å². The van der Waals surface area contributed by atoms with E-state index in [1.165, 1.54) is 0 Å². The quantitative estimate of drug-likeness (QED) is 0.707. The lowest BCUT2D eigenvalue weighted by molar-refractivity contribution is 0.00309. The SMILES string of the molecule is CCCOCCOCC(O)c1ccccc1C. The van der Waals surface area contributed by atoms with Crippen LogP contribution in [0.5, 0.6) is 0 Å². The summed E-state index contributed by atoms with van der Waals surface area (Å²) in [6.45, 7) is 6.27. The molecule has 0 bridgehead atoms. The molecule has 3 heteroatoms. The molecule has 0 spiro atoms. The van der Waals surface area contributed by atoms with Gasteiger partial charge < -0.3 is 14.6 Å². The summed E-state index contributed by atoms with van der Waals surface area (Å²) in [5.41, 5.74) is 2.02. The van der Waals surface area contributed by atoms with Crippen molar-refractivity contribution in [2.24, 2.45) is 0 Å². The molecule has 1 unspecified atom stereocenters. The third-order valence-corrected chi connectivity index (χ3v) is 2.54. The molecule has 0 aliphatic heterocycles. The molecule has 17 heavy (non-hydrogen) atoms. The molecule has 0 heterocycles. The van der Waals surface area contributed by atoms with Gasteiger partial charge in [-0.25, -0.2) is 0 Å². The lowest BCUT2D eigenvalue weighted by Gasteiger charge is -2.13. The summed E-state index contributed by atoms with van der Waals surface area (Å²) in [6, 6.07) is 7.81. The van der Waals surface area contributed by atoms with E-state index >= 15 is 0 Å². The van der Waals surface area contributed by atoms with E-state index in [1.54, 1.807) is 0 Å². The van der Waals surface area contributed by atoms with Gasteiger partial charge in [0.05, 0.1) is 19.8 Å². The van der Waals surface area contributed by atoms with Crippen LogP contribution in [-0.2, 0) is 9.47 Å². The first-order valence-electron chi connectivity index (χ1n) is 6.14. The monoisotopic (exact) mass is 238 g/mol. The van der Waals surface area contributed by atoms with Gasteiger partial charge in [0, 0.05) is 6.61 Å². The maximum atomic E-state index is 9.94. The first-order chi connectivity index (χ1) is 8.25. The van der Waals surface area contributed by atoms with E-state index in [4.69, 9.17) is 9.47 Å². The largest absolute Gasteiger partial charge is 0.386 e. The smallest absolute Gasteiger partial charge is 0.103 e. The van der Waals surface area contributed by atoms with E-state index in [2.05, 4.69) is 6.92 Å². The number of rotatable bonds is 8. The first kappa shape index (κ1) is 14.2. The van der Waals surface area contributed by atoms with Crippen LogP contribution >= 0.6 is 0 Å². The van der Waals surface area contributed by atoms with Gasteiger partial charge in [-0.3, -0.25) is 0 Å². The van der Waals surface area contributed by atoms with E-state index in [-0.39, 0.29) is 0 Å². The molecule has 0 aromatic heterocycles. The molecule has 1 rings (SSSR count). The Bertz CT molecular complexity index is 312. The summed E-state index contributed by atoms with van der Waals surface area (Å²) in [5.74, 6) is 0. The standard InChI is InChI=1S/C14H22O3/c1-3-8-16-9-10-17-11-14(15)13-7-5-4-6-12(13)2/h4-7,14-15H,3,8-11H2,1-2H3. The molecule has 3 nitrogen and oxygen atoms in total.